The number of nitrogen functional groups attached to an aromatic ring is 2. The minimum Gasteiger partial charge on any atom is -0.399 e. The molecule has 0 aliphatic carbocycles. The van der Waals surface area contributed by atoms with Crippen LogP contribution in [0.3, 0.4) is 0 Å². The smallest absolute Gasteiger partial charge is 0.0642 e. The lowest BCUT2D eigenvalue weighted by atomic mass is 10.2. The summed E-state index contributed by atoms with van der Waals surface area (Å²) in [4.78, 5) is 2.23. The first-order valence-electron chi connectivity index (χ1n) is 4.74. The van der Waals surface area contributed by atoms with E-state index in [1.54, 1.807) is 6.07 Å². The fraction of sp³-hybridized carbons (Fsp3) is 0.400. The van der Waals surface area contributed by atoms with Crippen LogP contribution in [0.4, 0.5) is 17.1 Å². The highest BCUT2D eigenvalue weighted by molar-refractivity contribution is 5.65. The van der Waals surface area contributed by atoms with Crippen molar-refractivity contribution in [1.29, 1.82) is 0 Å². The van der Waals surface area contributed by atoms with E-state index >= 15 is 0 Å². The van der Waals surface area contributed by atoms with Crippen LogP contribution >= 0.6 is 0 Å². The van der Waals surface area contributed by atoms with Gasteiger partial charge in [0.15, 0.2) is 0 Å². The van der Waals surface area contributed by atoms with Gasteiger partial charge in [-0.3, -0.25) is 0 Å². The Morgan fingerprint density at radius 3 is 2.14 bits per heavy atom. The molecule has 0 unspecified atom stereocenters. The van der Waals surface area contributed by atoms with E-state index in [-0.39, 0.29) is 0 Å². The number of hydrogen-bond donors (Lipinski definition) is 2. The number of rotatable bonds is 1. The predicted octanol–water partition coefficient (Wildman–Crippen LogP) is 0.688. The second kappa shape index (κ2) is 3.75. The molecule has 4 N–H and O–H groups in total. The van der Waals surface area contributed by atoms with Crippen LogP contribution in [0.25, 0.3) is 0 Å². The fourth-order valence-corrected chi connectivity index (χ4v) is 1.66. The van der Waals surface area contributed by atoms with Crippen molar-refractivity contribution >= 4 is 17.1 Å². The van der Waals surface area contributed by atoms with E-state index in [0.29, 0.717) is 11.4 Å². The standard InChI is InChI=1S/C10H15N3O/c11-8-5-9(12)7-10(6-8)13-1-3-14-4-2-13/h5-7H,1-4,11-12H2. The molecule has 14 heavy (non-hydrogen) atoms. The number of hydrogen-bond acceptors (Lipinski definition) is 4. The van der Waals surface area contributed by atoms with Crippen LogP contribution < -0.4 is 16.4 Å². The number of benzene rings is 1. The molecular weight excluding hydrogens is 178 g/mol. The molecule has 4 nitrogen and oxygen atoms in total. The van der Waals surface area contributed by atoms with Crippen molar-refractivity contribution in [3.63, 3.8) is 0 Å². The van der Waals surface area contributed by atoms with Gasteiger partial charge in [0.25, 0.3) is 0 Å². The Bertz CT molecular complexity index is 301. The summed E-state index contributed by atoms with van der Waals surface area (Å²) in [5, 5.41) is 0. The molecule has 1 saturated heterocycles. The molecule has 1 aliphatic rings. The molecule has 0 atom stereocenters. The molecule has 1 aromatic rings. The first-order chi connectivity index (χ1) is 6.75. The Hall–Kier alpha value is -1.42. The number of nitrogens with two attached hydrogens (primary N) is 2. The van der Waals surface area contributed by atoms with Crippen molar-refractivity contribution in [2.75, 3.05) is 42.7 Å². The molecule has 2 rings (SSSR count). The molecule has 1 fully saturated rings. The van der Waals surface area contributed by atoms with Crippen LogP contribution in [-0.2, 0) is 4.74 Å². The molecule has 0 spiro atoms. The predicted molar refractivity (Wildman–Crippen MR) is 58.3 cm³/mol. The second-order valence-corrected chi connectivity index (χ2v) is 3.46. The Balaban J connectivity index is 2.21. The molecule has 0 amide bonds. The summed E-state index contributed by atoms with van der Waals surface area (Å²) in [6.07, 6.45) is 0. The monoisotopic (exact) mass is 193 g/mol. The summed E-state index contributed by atoms with van der Waals surface area (Å²) in [7, 11) is 0. The van der Waals surface area contributed by atoms with Crippen LogP contribution in [0.15, 0.2) is 18.2 Å². The highest BCUT2D eigenvalue weighted by Gasteiger charge is 2.11. The van der Waals surface area contributed by atoms with Crippen LogP contribution in [0.5, 0.6) is 0 Å². The van der Waals surface area contributed by atoms with E-state index in [4.69, 9.17) is 16.2 Å². The van der Waals surface area contributed by atoms with Crippen molar-refractivity contribution < 1.29 is 4.74 Å². The maximum atomic E-state index is 5.73. The third-order valence-corrected chi connectivity index (χ3v) is 2.34. The molecule has 0 radical (unpaired) electrons. The second-order valence-electron chi connectivity index (χ2n) is 3.46. The Morgan fingerprint density at radius 2 is 1.57 bits per heavy atom. The Labute approximate surface area is 83.4 Å². The lowest BCUT2D eigenvalue weighted by Crippen LogP contribution is -2.36. The third kappa shape index (κ3) is 1.90. The highest BCUT2D eigenvalue weighted by atomic mass is 16.5. The lowest BCUT2D eigenvalue weighted by Gasteiger charge is -2.29. The van der Waals surface area contributed by atoms with Crippen molar-refractivity contribution in [3.8, 4) is 0 Å². The zero-order chi connectivity index (χ0) is 9.97. The molecular formula is C10H15N3O. The summed E-state index contributed by atoms with van der Waals surface area (Å²) >= 11 is 0. The molecule has 1 aromatic carbocycles. The Kier molecular flexibility index (Phi) is 2.45. The molecule has 0 saturated carbocycles. The van der Waals surface area contributed by atoms with Gasteiger partial charge in [-0.25, -0.2) is 0 Å². The van der Waals surface area contributed by atoms with Crippen molar-refractivity contribution in [3.05, 3.63) is 18.2 Å². The summed E-state index contributed by atoms with van der Waals surface area (Å²) in [6.45, 7) is 3.36. The van der Waals surface area contributed by atoms with Gasteiger partial charge in [-0.1, -0.05) is 0 Å². The number of nitrogens with zero attached hydrogens (tertiary/aromatic N) is 1. The minimum absolute atomic E-state index is 0.714. The quantitative estimate of drug-likeness (QED) is 0.644. The van der Waals surface area contributed by atoms with Crippen LogP contribution in [0, 0.1) is 0 Å². The molecule has 76 valence electrons. The number of anilines is 3. The van der Waals surface area contributed by atoms with Crippen molar-refractivity contribution in [1.82, 2.24) is 0 Å². The van der Waals surface area contributed by atoms with Gasteiger partial charge in [0.1, 0.15) is 0 Å². The van der Waals surface area contributed by atoms with Crippen molar-refractivity contribution in [2.45, 2.75) is 0 Å². The van der Waals surface area contributed by atoms with E-state index in [0.717, 1.165) is 32.0 Å². The summed E-state index contributed by atoms with van der Waals surface area (Å²) < 4.78 is 5.28. The van der Waals surface area contributed by atoms with E-state index in [1.165, 1.54) is 0 Å². The largest absolute Gasteiger partial charge is 0.399 e. The zero-order valence-electron chi connectivity index (χ0n) is 8.07. The molecule has 4 heteroatoms. The number of morpholine rings is 1. The number of ether oxygens (including phenoxy) is 1. The van der Waals surface area contributed by atoms with E-state index < -0.39 is 0 Å². The summed E-state index contributed by atoms with van der Waals surface area (Å²) in [5.74, 6) is 0. The van der Waals surface area contributed by atoms with Crippen LogP contribution in [0.2, 0.25) is 0 Å². The normalized spacial score (nSPS) is 17.0. The van der Waals surface area contributed by atoms with Gasteiger partial charge in [0, 0.05) is 30.2 Å². The average Bonchev–Trinajstić information content (AvgIpc) is 2.18. The zero-order valence-corrected chi connectivity index (χ0v) is 8.07. The van der Waals surface area contributed by atoms with Gasteiger partial charge in [0.05, 0.1) is 13.2 Å². The summed E-state index contributed by atoms with van der Waals surface area (Å²) in [6, 6.07) is 5.66. The van der Waals surface area contributed by atoms with Gasteiger partial charge in [-0.05, 0) is 18.2 Å². The van der Waals surface area contributed by atoms with Crippen molar-refractivity contribution in [2.24, 2.45) is 0 Å². The van der Waals surface area contributed by atoms with Crippen LogP contribution in [0.1, 0.15) is 0 Å². The third-order valence-electron chi connectivity index (χ3n) is 2.34. The Morgan fingerprint density at radius 1 is 1.00 bits per heavy atom. The highest BCUT2D eigenvalue weighted by Crippen LogP contribution is 2.22. The molecule has 0 aromatic heterocycles. The van der Waals surface area contributed by atoms with E-state index in [1.807, 2.05) is 12.1 Å². The van der Waals surface area contributed by atoms with E-state index in [2.05, 4.69) is 4.90 Å². The van der Waals surface area contributed by atoms with Gasteiger partial charge >= 0.3 is 0 Å². The summed E-state index contributed by atoms with van der Waals surface area (Å²) in [5.41, 5.74) is 14.0. The average molecular weight is 193 g/mol. The molecule has 1 aliphatic heterocycles. The minimum atomic E-state index is 0.714. The first kappa shape index (κ1) is 9.15. The maximum Gasteiger partial charge on any atom is 0.0642 e. The topological polar surface area (TPSA) is 64.5 Å². The lowest BCUT2D eigenvalue weighted by molar-refractivity contribution is 0.122. The van der Waals surface area contributed by atoms with Gasteiger partial charge in [0.2, 0.25) is 0 Å². The maximum absolute atomic E-state index is 5.73. The molecule has 1 heterocycles. The van der Waals surface area contributed by atoms with Gasteiger partial charge < -0.3 is 21.1 Å². The van der Waals surface area contributed by atoms with Gasteiger partial charge in [-0.2, -0.15) is 0 Å². The van der Waals surface area contributed by atoms with Gasteiger partial charge in [-0.15, -0.1) is 0 Å². The fourth-order valence-electron chi connectivity index (χ4n) is 1.66. The molecule has 0 bridgehead atoms. The SMILES string of the molecule is Nc1cc(N)cc(N2CCOCC2)c1. The first-order valence-corrected chi connectivity index (χ1v) is 4.74. The van der Waals surface area contributed by atoms with Crippen LogP contribution in [-0.4, -0.2) is 26.3 Å². The van der Waals surface area contributed by atoms with E-state index in [9.17, 15) is 0 Å².